The van der Waals surface area contributed by atoms with Crippen molar-refractivity contribution < 1.29 is 9.47 Å². The Bertz CT molecular complexity index is 448. The molecular weight excluding hydrogens is 294 g/mol. The molecule has 0 radical (unpaired) electrons. The summed E-state index contributed by atoms with van der Waals surface area (Å²) in [5.74, 6) is 3.04. The van der Waals surface area contributed by atoms with E-state index in [1.165, 1.54) is 29.1 Å². The highest BCUT2D eigenvalue weighted by Gasteiger charge is 2.18. The minimum Gasteiger partial charge on any atom is -0.381 e. The van der Waals surface area contributed by atoms with Crippen LogP contribution in [0.3, 0.4) is 0 Å². The van der Waals surface area contributed by atoms with Gasteiger partial charge >= 0.3 is 0 Å². The van der Waals surface area contributed by atoms with E-state index in [1.807, 2.05) is 0 Å². The van der Waals surface area contributed by atoms with Crippen LogP contribution >= 0.6 is 11.8 Å². The van der Waals surface area contributed by atoms with Gasteiger partial charge < -0.3 is 14.8 Å². The summed E-state index contributed by atoms with van der Waals surface area (Å²) in [4.78, 5) is 0. The molecule has 2 aliphatic heterocycles. The first-order valence-corrected chi connectivity index (χ1v) is 9.63. The quantitative estimate of drug-likeness (QED) is 0.782. The summed E-state index contributed by atoms with van der Waals surface area (Å²) in [5.41, 5.74) is 3.01. The van der Waals surface area contributed by atoms with Gasteiger partial charge in [-0.2, -0.15) is 11.8 Å². The van der Waals surface area contributed by atoms with Gasteiger partial charge in [-0.15, -0.1) is 0 Å². The Balaban J connectivity index is 1.36. The molecule has 2 atom stereocenters. The molecule has 1 N–H and O–H groups in total. The van der Waals surface area contributed by atoms with E-state index in [4.69, 9.17) is 9.47 Å². The van der Waals surface area contributed by atoms with Crippen LogP contribution < -0.4 is 5.32 Å². The van der Waals surface area contributed by atoms with Crippen LogP contribution in [0.2, 0.25) is 0 Å². The molecule has 1 fully saturated rings. The number of rotatable bonds is 7. The molecule has 3 rings (SSSR count). The lowest BCUT2D eigenvalue weighted by Crippen LogP contribution is -2.25. The first kappa shape index (κ1) is 16.3. The summed E-state index contributed by atoms with van der Waals surface area (Å²) < 4.78 is 11.1. The fraction of sp³-hybridized carbons (Fsp3) is 0.667. The molecule has 0 aromatic heterocycles. The third-order valence-corrected chi connectivity index (χ3v) is 5.53. The number of ether oxygens (including phenoxy) is 2. The summed E-state index contributed by atoms with van der Waals surface area (Å²) >= 11 is 2.06. The van der Waals surface area contributed by atoms with Gasteiger partial charge in [0.2, 0.25) is 0 Å². The zero-order valence-corrected chi connectivity index (χ0v) is 14.1. The van der Waals surface area contributed by atoms with E-state index in [-0.39, 0.29) is 0 Å². The second-order valence-electron chi connectivity index (χ2n) is 6.19. The van der Waals surface area contributed by atoms with Gasteiger partial charge in [-0.25, -0.2) is 0 Å². The molecular formula is C18H27NO2S. The zero-order valence-electron chi connectivity index (χ0n) is 13.3. The fourth-order valence-electron chi connectivity index (χ4n) is 3.16. The van der Waals surface area contributed by atoms with Crippen LogP contribution in [0.15, 0.2) is 24.3 Å². The van der Waals surface area contributed by atoms with Gasteiger partial charge in [0.15, 0.2) is 0 Å². The highest BCUT2D eigenvalue weighted by atomic mass is 32.2. The third kappa shape index (κ3) is 4.72. The lowest BCUT2D eigenvalue weighted by Gasteiger charge is -2.19. The third-order valence-electron chi connectivity index (χ3n) is 4.46. The molecule has 1 aromatic rings. The Morgan fingerprint density at radius 1 is 1.32 bits per heavy atom. The van der Waals surface area contributed by atoms with Crippen molar-refractivity contribution in [1.82, 2.24) is 5.32 Å². The van der Waals surface area contributed by atoms with Crippen LogP contribution in [0.25, 0.3) is 0 Å². The monoisotopic (exact) mass is 321 g/mol. The molecule has 2 heterocycles. The van der Waals surface area contributed by atoms with Crippen molar-refractivity contribution >= 4 is 11.8 Å². The van der Waals surface area contributed by atoms with Crippen molar-refractivity contribution in [1.29, 1.82) is 0 Å². The maximum Gasteiger partial charge on any atom is 0.0517 e. The number of hydrogen-bond acceptors (Lipinski definition) is 4. The van der Waals surface area contributed by atoms with Gasteiger partial charge in [0.1, 0.15) is 0 Å². The van der Waals surface area contributed by atoms with Gasteiger partial charge in [-0.3, -0.25) is 0 Å². The molecule has 1 aromatic carbocycles. The van der Waals surface area contributed by atoms with Crippen LogP contribution in [0.5, 0.6) is 0 Å². The average molecular weight is 321 g/mol. The first-order valence-electron chi connectivity index (χ1n) is 8.48. The van der Waals surface area contributed by atoms with E-state index in [9.17, 15) is 0 Å². The van der Waals surface area contributed by atoms with E-state index in [0.717, 1.165) is 45.8 Å². The number of thioether (sulfide) groups is 1. The van der Waals surface area contributed by atoms with Gasteiger partial charge in [0.25, 0.3) is 0 Å². The molecule has 4 heteroatoms. The fourth-order valence-corrected chi connectivity index (χ4v) is 4.22. The van der Waals surface area contributed by atoms with E-state index in [1.54, 1.807) is 0 Å². The van der Waals surface area contributed by atoms with Crippen LogP contribution in [0.1, 0.15) is 30.0 Å². The predicted octanol–water partition coefficient (Wildman–Crippen LogP) is 3.05. The highest BCUT2D eigenvalue weighted by molar-refractivity contribution is 7.99. The van der Waals surface area contributed by atoms with E-state index < -0.39 is 0 Å². The number of benzene rings is 1. The van der Waals surface area contributed by atoms with Crippen molar-refractivity contribution in [3.8, 4) is 0 Å². The molecule has 22 heavy (non-hydrogen) atoms. The Labute approximate surface area is 138 Å². The largest absolute Gasteiger partial charge is 0.381 e. The number of nitrogens with one attached hydrogen (secondary N) is 1. The van der Waals surface area contributed by atoms with Crippen molar-refractivity contribution in [3.05, 3.63) is 35.4 Å². The van der Waals surface area contributed by atoms with Gasteiger partial charge in [0.05, 0.1) is 13.2 Å². The lowest BCUT2D eigenvalue weighted by molar-refractivity contribution is 0.0880. The van der Waals surface area contributed by atoms with Crippen LogP contribution in [-0.2, 0) is 15.9 Å². The van der Waals surface area contributed by atoms with Crippen LogP contribution in [0.4, 0.5) is 0 Å². The summed E-state index contributed by atoms with van der Waals surface area (Å²) in [5, 5.41) is 3.72. The molecule has 0 saturated carbocycles. The molecule has 0 amide bonds. The number of hydrogen-bond donors (Lipinski definition) is 1. The van der Waals surface area contributed by atoms with Gasteiger partial charge in [0, 0.05) is 30.9 Å². The summed E-state index contributed by atoms with van der Waals surface area (Å²) in [6.45, 7) is 4.54. The second kappa shape index (κ2) is 8.92. The molecule has 0 aliphatic carbocycles. The Kier molecular flexibility index (Phi) is 6.61. The molecule has 0 bridgehead atoms. The highest BCUT2D eigenvalue weighted by Crippen LogP contribution is 2.27. The van der Waals surface area contributed by atoms with Crippen LogP contribution in [-0.4, -0.2) is 44.5 Å². The molecule has 2 aliphatic rings. The lowest BCUT2D eigenvalue weighted by atomic mass is 10.00. The van der Waals surface area contributed by atoms with E-state index in [0.29, 0.717) is 12.0 Å². The summed E-state index contributed by atoms with van der Waals surface area (Å²) in [7, 11) is 0. The van der Waals surface area contributed by atoms with Gasteiger partial charge in [-0.1, -0.05) is 24.3 Å². The standard InChI is InChI=1S/C18H27NO2S/c1-2-5-17-16(4-1)7-11-22-14-18(17)19-8-3-9-20-12-15-6-10-21-13-15/h1-2,4-5,15,18-19H,3,6-14H2. The average Bonchev–Trinajstić information content (AvgIpc) is 2.98. The Morgan fingerprint density at radius 3 is 3.18 bits per heavy atom. The molecule has 1 saturated heterocycles. The molecule has 122 valence electrons. The van der Waals surface area contributed by atoms with Crippen molar-refractivity contribution in [2.45, 2.75) is 25.3 Å². The maximum atomic E-state index is 5.78. The maximum absolute atomic E-state index is 5.78. The Morgan fingerprint density at radius 2 is 2.27 bits per heavy atom. The molecule has 0 spiro atoms. The topological polar surface area (TPSA) is 30.5 Å². The second-order valence-corrected chi connectivity index (χ2v) is 7.34. The molecule has 3 nitrogen and oxygen atoms in total. The smallest absolute Gasteiger partial charge is 0.0517 e. The SMILES string of the molecule is c1ccc2c(c1)CCSCC2NCCCOCC1CCOC1. The summed E-state index contributed by atoms with van der Waals surface area (Å²) in [6, 6.07) is 9.38. The van der Waals surface area contributed by atoms with Crippen molar-refractivity contribution in [2.24, 2.45) is 5.92 Å². The minimum atomic E-state index is 0.493. The van der Waals surface area contributed by atoms with Gasteiger partial charge in [-0.05, 0) is 42.7 Å². The van der Waals surface area contributed by atoms with E-state index in [2.05, 4.69) is 41.3 Å². The minimum absolute atomic E-state index is 0.493. The van der Waals surface area contributed by atoms with Crippen molar-refractivity contribution in [2.75, 3.05) is 44.5 Å². The number of aryl methyl sites for hydroxylation is 1. The van der Waals surface area contributed by atoms with Crippen LogP contribution in [0, 0.1) is 5.92 Å². The summed E-state index contributed by atoms with van der Waals surface area (Å²) in [6.07, 6.45) is 3.44. The predicted molar refractivity (Wildman–Crippen MR) is 92.6 cm³/mol. The zero-order chi connectivity index (χ0) is 15.0. The van der Waals surface area contributed by atoms with Crippen molar-refractivity contribution in [3.63, 3.8) is 0 Å². The first-order chi connectivity index (χ1) is 10.9. The molecule has 2 unspecified atom stereocenters. The normalized spacial score (nSPS) is 24.9. The number of fused-ring (bicyclic) bond motifs is 1. The van der Waals surface area contributed by atoms with E-state index >= 15 is 0 Å². The Hall–Kier alpha value is -0.550.